The third kappa shape index (κ3) is 1.82. The largest absolute Gasteiger partial charge is 0.497 e. The van der Waals surface area contributed by atoms with E-state index in [9.17, 15) is 0 Å². The van der Waals surface area contributed by atoms with Crippen LogP contribution in [0.5, 0.6) is 11.5 Å². The van der Waals surface area contributed by atoms with Gasteiger partial charge in [-0.2, -0.15) is 0 Å². The monoisotopic (exact) mass is 205 g/mol. The van der Waals surface area contributed by atoms with Crippen molar-refractivity contribution in [2.75, 3.05) is 13.7 Å². The molecule has 1 atom stereocenters. The van der Waals surface area contributed by atoms with Crippen LogP contribution in [0.3, 0.4) is 0 Å². The van der Waals surface area contributed by atoms with Crippen LogP contribution in [0.1, 0.15) is 18.0 Å². The Morgan fingerprint density at radius 3 is 3.20 bits per heavy atom. The quantitative estimate of drug-likeness (QED) is 0.423. The summed E-state index contributed by atoms with van der Waals surface area (Å²) >= 11 is 0. The Hall–Kier alpha value is -1.87. The fourth-order valence-corrected chi connectivity index (χ4v) is 1.66. The molecule has 0 aromatic heterocycles. The number of benzene rings is 1. The molecule has 0 amide bonds. The number of ether oxygens (including phenoxy) is 2. The molecule has 0 radical (unpaired) electrons. The number of rotatable bonds is 2. The Morgan fingerprint density at radius 2 is 2.47 bits per heavy atom. The third-order valence-electron chi connectivity index (χ3n) is 2.42. The molecule has 0 unspecified atom stereocenters. The second-order valence-corrected chi connectivity index (χ2v) is 3.26. The van der Waals surface area contributed by atoms with Crippen LogP contribution in [-0.4, -0.2) is 13.7 Å². The van der Waals surface area contributed by atoms with Crippen molar-refractivity contribution in [1.29, 1.82) is 0 Å². The van der Waals surface area contributed by atoms with Crippen LogP contribution >= 0.6 is 0 Å². The average Bonchev–Trinajstić information content (AvgIpc) is 2.29. The minimum atomic E-state index is -0.145. The number of methoxy groups -OCH3 is 1. The summed E-state index contributed by atoms with van der Waals surface area (Å²) in [5.74, 6) is 1.52. The first kappa shape index (κ1) is 9.68. The number of fused-ring (bicyclic) bond motifs is 1. The summed E-state index contributed by atoms with van der Waals surface area (Å²) in [6.07, 6.45) is 0.713. The minimum Gasteiger partial charge on any atom is -0.497 e. The van der Waals surface area contributed by atoms with E-state index in [0.717, 1.165) is 17.1 Å². The summed E-state index contributed by atoms with van der Waals surface area (Å²) in [6, 6.07) is 5.38. The highest BCUT2D eigenvalue weighted by atomic mass is 16.5. The van der Waals surface area contributed by atoms with Gasteiger partial charge in [-0.25, -0.2) is 0 Å². The Labute approximate surface area is 87.2 Å². The van der Waals surface area contributed by atoms with E-state index in [1.165, 1.54) is 0 Å². The Balaban J connectivity index is 2.43. The zero-order valence-corrected chi connectivity index (χ0v) is 8.38. The molecule has 0 fully saturated rings. The second kappa shape index (κ2) is 4.11. The van der Waals surface area contributed by atoms with Crippen molar-refractivity contribution in [2.45, 2.75) is 12.5 Å². The molecule has 1 aliphatic heterocycles. The number of hydrogen-bond donors (Lipinski definition) is 0. The van der Waals surface area contributed by atoms with E-state index in [4.69, 9.17) is 15.0 Å². The first-order chi connectivity index (χ1) is 7.35. The maximum Gasteiger partial charge on any atom is 0.123 e. The van der Waals surface area contributed by atoms with E-state index in [-0.39, 0.29) is 6.04 Å². The van der Waals surface area contributed by atoms with Gasteiger partial charge in [0.15, 0.2) is 0 Å². The maximum atomic E-state index is 8.46. The second-order valence-electron chi connectivity index (χ2n) is 3.26. The van der Waals surface area contributed by atoms with E-state index in [1.54, 1.807) is 7.11 Å². The molecular weight excluding hydrogens is 194 g/mol. The molecule has 0 saturated carbocycles. The van der Waals surface area contributed by atoms with Gasteiger partial charge in [-0.05, 0) is 30.2 Å². The van der Waals surface area contributed by atoms with E-state index in [1.807, 2.05) is 18.2 Å². The van der Waals surface area contributed by atoms with Crippen LogP contribution in [0.4, 0.5) is 0 Å². The van der Waals surface area contributed by atoms with Crippen LogP contribution in [0.25, 0.3) is 10.4 Å². The predicted octanol–water partition coefficient (Wildman–Crippen LogP) is 2.83. The molecule has 15 heavy (non-hydrogen) atoms. The van der Waals surface area contributed by atoms with Crippen molar-refractivity contribution >= 4 is 0 Å². The normalized spacial score (nSPS) is 18.3. The van der Waals surface area contributed by atoms with Gasteiger partial charge >= 0.3 is 0 Å². The van der Waals surface area contributed by atoms with Gasteiger partial charge in [-0.15, -0.1) is 0 Å². The van der Waals surface area contributed by atoms with Crippen LogP contribution in [0, 0.1) is 0 Å². The van der Waals surface area contributed by atoms with Gasteiger partial charge in [0.2, 0.25) is 0 Å². The molecule has 1 aromatic carbocycles. The lowest BCUT2D eigenvalue weighted by atomic mass is 10.0. The highest BCUT2D eigenvalue weighted by Crippen LogP contribution is 2.36. The van der Waals surface area contributed by atoms with E-state index < -0.39 is 0 Å². The first-order valence-electron chi connectivity index (χ1n) is 4.70. The summed E-state index contributed by atoms with van der Waals surface area (Å²) in [7, 11) is 1.61. The topological polar surface area (TPSA) is 67.2 Å². The lowest BCUT2D eigenvalue weighted by Crippen LogP contribution is -2.12. The Morgan fingerprint density at radius 1 is 1.60 bits per heavy atom. The molecule has 1 aromatic rings. The van der Waals surface area contributed by atoms with Gasteiger partial charge < -0.3 is 9.47 Å². The smallest absolute Gasteiger partial charge is 0.123 e. The van der Waals surface area contributed by atoms with Crippen LogP contribution < -0.4 is 9.47 Å². The summed E-state index contributed by atoms with van der Waals surface area (Å²) in [6.45, 7) is 0.586. The minimum absolute atomic E-state index is 0.145. The van der Waals surface area contributed by atoms with Crippen LogP contribution in [0.15, 0.2) is 23.3 Å². The number of hydrogen-bond acceptors (Lipinski definition) is 3. The lowest BCUT2D eigenvalue weighted by molar-refractivity contribution is 0.268. The zero-order valence-electron chi connectivity index (χ0n) is 8.38. The number of azide groups is 1. The summed E-state index contributed by atoms with van der Waals surface area (Å²) < 4.78 is 10.6. The average molecular weight is 205 g/mol. The zero-order chi connectivity index (χ0) is 10.7. The van der Waals surface area contributed by atoms with E-state index in [2.05, 4.69) is 10.0 Å². The summed E-state index contributed by atoms with van der Waals surface area (Å²) in [5, 5.41) is 3.75. The fourth-order valence-electron chi connectivity index (χ4n) is 1.66. The Bertz CT molecular complexity index is 413. The molecule has 0 N–H and O–H groups in total. The van der Waals surface area contributed by atoms with Gasteiger partial charge in [0.1, 0.15) is 11.5 Å². The van der Waals surface area contributed by atoms with Crippen LogP contribution in [-0.2, 0) is 0 Å². The van der Waals surface area contributed by atoms with Crippen molar-refractivity contribution < 1.29 is 9.47 Å². The summed E-state index contributed by atoms with van der Waals surface area (Å²) in [4.78, 5) is 2.84. The first-order valence-corrected chi connectivity index (χ1v) is 4.70. The molecule has 1 aliphatic rings. The summed E-state index contributed by atoms with van der Waals surface area (Å²) in [5.41, 5.74) is 9.36. The van der Waals surface area contributed by atoms with Crippen molar-refractivity contribution in [2.24, 2.45) is 5.11 Å². The highest BCUT2D eigenvalue weighted by Gasteiger charge is 2.20. The molecule has 5 heteroatoms. The molecular formula is C10H11N3O2. The third-order valence-corrected chi connectivity index (χ3v) is 2.42. The van der Waals surface area contributed by atoms with Gasteiger partial charge in [-0.1, -0.05) is 5.11 Å². The Kier molecular flexibility index (Phi) is 2.65. The maximum absolute atomic E-state index is 8.46. The van der Waals surface area contributed by atoms with Gasteiger partial charge in [-0.3, -0.25) is 0 Å². The molecule has 5 nitrogen and oxygen atoms in total. The molecule has 78 valence electrons. The van der Waals surface area contributed by atoms with Gasteiger partial charge in [0.05, 0.1) is 19.8 Å². The lowest BCUT2D eigenvalue weighted by Gasteiger charge is -2.22. The molecule has 0 saturated heterocycles. The molecule has 2 rings (SSSR count). The molecule has 0 spiro atoms. The molecule has 0 bridgehead atoms. The van der Waals surface area contributed by atoms with E-state index >= 15 is 0 Å². The van der Waals surface area contributed by atoms with Crippen molar-refractivity contribution in [1.82, 2.24) is 0 Å². The molecule has 1 heterocycles. The van der Waals surface area contributed by atoms with Crippen molar-refractivity contribution in [3.63, 3.8) is 0 Å². The van der Waals surface area contributed by atoms with Crippen LogP contribution in [0.2, 0.25) is 0 Å². The number of nitrogens with zero attached hydrogens (tertiary/aromatic N) is 3. The molecule has 0 aliphatic carbocycles. The van der Waals surface area contributed by atoms with E-state index in [0.29, 0.717) is 13.0 Å². The SMILES string of the molecule is COc1ccc2c(c1)[C@H](N=[N+]=[N-])CCO2. The standard InChI is InChI=1S/C10H11N3O2/c1-14-7-2-3-10-8(6-7)9(12-13-11)4-5-15-10/h2-3,6,9H,4-5H2,1H3/t9-/m1/s1. The van der Waals surface area contributed by atoms with Crippen molar-refractivity contribution in [3.05, 3.63) is 34.2 Å². The van der Waals surface area contributed by atoms with Gasteiger partial charge in [0.25, 0.3) is 0 Å². The fraction of sp³-hybridized carbons (Fsp3) is 0.400. The van der Waals surface area contributed by atoms with Gasteiger partial charge in [0, 0.05) is 10.5 Å². The predicted molar refractivity (Wildman–Crippen MR) is 55.0 cm³/mol. The highest BCUT2D eigenvalue weighted by molar-refractivity contribution is 5.43. The van der Waals surface area contributed by atoms with Crippen molar-refractivity contribution in [3.8, 4) is 11.5 Å².